The molecule has 0 aliphatic heterocycles. The quantitative estimate of drug-likeness (QED) is 0.615. The monoisotopic (exact) mass is 200 g/mol. The van der Waals surface area contributed by atoms with Gasteiger partial charge in [-0.05, 0) is 32.4 Å². The fourth-order valence-electron chi connectivity index (χ4n) is 1.75. The Morgan fingerprint density at radius 2 is 1.64 bits per heavy atom. The largest absolute Gasteiger partial charge is 0.313 e. The topological polar surface area (TPSA) is 15.3 Å². The Morgan fingerprint density at radius 1 is 1.00 bits per heavy atom. The van der Waals surface area contributed by atoms with Crippen LogP contribution in [0.5, 0.6) is 0 Å². The van der Waals surface area contributed by atoms with E-state index in [4.69, 9.17) is 0 Å². The van der Waals surface area contributed by atoms with Crippen molar-refractivity contribution in [1.29, 1.82) is 0 Å². The third kappa shape index (κ3) is 6.39. The highest BCUT2D eigenvalue weighted by Gasteiger charge is 2.03. The molecule has 0 atom stereocenters. The van der Waals surface area contributed by atoms with E-state index in [9.17, 15) is 0 Å². The minimum Gasteiger partial charge on any atom is -0.313 e. The summed E-state index contributed by atoms with van der Waals surface area (Å²) in [6, 6.07) is 0.718. The van der Waals surface area contributed by atoms with Gasteiger partial charge in [0.05, 0.1) is 0 Å². The van der Waals surface area contributed by atoms with E-state index in [1.165, 1.54) is 38.9 Å². The predicted molar refractivity (Wildman–Crippen MR) is 64.8 cm³/mol. The van der Waals surface area contributed by atoms with Crippen LogP contribution in [-0.4, -0.2) is 37.1 Å². The molecule has 0 aromatic carbocycles. The molecule has 0 aromatic rings. The molecule has 0 amide bonds. The zero-order valence-electron chi connectivity index (χ0n) is 10.5. The van der Waals surface area contributed by atoms with Crippen LogP contribution >= 0.6 is 0 Å². The molecule has 0 saturated heterocycles. The van der Waals surface area contributed by atoms with E-state index < -0.39 is 0 Å². The van der Waals surface area contributed by atoms with Crippen LogP contribution in [0.4, 0.5) is 0 Å². The van der Waals surface area contributed by atoms with E-state index in [1.807, 2.05) is 0 Å². The van der Waals surface area contributed by atoms with Crippen LogP contribution < -0.4 is 5.32 Å². The number of hydrogen-bond acceptors (Lipinski definition) is 2. The molecular weight excluding hydrogens is 172 g/mol. The van der Waals surface area contributed by atoms with Crippen LogP contribution in [0.2, 0.25) is 0 Å². The summed E-state index contributed by atoms with van der Waals surface area (Å²) in [6.45, 7) is 13.7. The average Bonchev–Trinajstić information content (AvgIpc) is 2.23. The molecule has 0 spiro atoms. The summed E-state index contributed by atoms with van der Waals surface area (Å²) >= 11 is 0. The maximum Gasteiger partial charge on any atom is 0.0107 e. The highest BCUT2D eigenvalue weighted by Crippen LogP contribution is 1.96. The zero-order valence-corrected chi connectivity index (χ0v) is 10.5. The molecule has 0 unspecified atom stereocenters. The van der Waals surface area contributed by atoms with Crippen molar-refractivity contribution in [2.75, 3.05) is 26.2 Å². The van der Waals surface area contributed by atoms with Crippen molar-refractivity contribution in [2.24, 2.45) is 0 Å². The fraction of sp³-hybridized carbons (Fsp3) is 1.00. The molecule has 0 aliphatic carbocycles. The standard InChI is InChI=1S/C12H28N2/c1-5-10-14(8-4)11-9-13-12(6-2)7-3/h12-13H,5-11H2,1-4H3. The van der Waals surface area contributed by atoms with Gasteiger partial charge in [-0.25, -0.2) is 0 Å². The maximum absolute atomic E-state index is 3.60. The highest BCUT2D eigenvalue weighted by molar-refractivity contribution is 4.64. The Hall–Kier alpha value is -0.0800. The second-order valence-corrected chi connectivity index (χ2v) is 3.90. The van der Waals surface area contributed by atoms with Crippen LogP contribution in [0.25, 0.3) is 0 Å². The van der Waals surface area contributed by atoms with Gasteiger partial charge in [0.25, 0.3) is 0 Å². The van der Waals surface area contributed by atoms with Gasteiger partial charge in [-0.2, -0.15) is 0 Å². The molecule has 0 radical (unpaired) electrons. The Balaban J connectivity index is 3.48. The van der Waals surface area contributed by atoms with Crippen LogP contribution in [0, 0.1) is 0 Å². The molecule has 0 aliphatic rings. The summed E-state index contributed by atoms with van der Waals surface area (Å²) in [7, 11) is 0. The van der Waals surface area contributed by atoms with Crippen molar-refractivity contribution in [2.45, 2.75) is 53.0 Å². The molecule has 0 rings (SSSR count). The first kappa shape index (κ1) is 13.9. The summed E-state index contributed by atoms with van der Waals surface area (Å²) in [4.78, 5) is 2.51. The molecule has 86 valence electrons. The molecule has 0 bridgehead atoms. The molecule has 0 fully saturated rings. The van der Waals surface area contributed by atoms with E-state index in [2.05, 4.69) is 37.9 Å². The summed E-state index contributed by atoms with van der Waals surface area (Å²) in [5.74, 6) is 0. The Bertz CT molecular complexity index is 111. The van der Waals surface area contributed by atoms with Gasteiger partial charge in [0.1, 0.15) is 0 Å². The maximum atomic E-state index is 3.60. The third-order valence-corrected chi connectivity index (χ3v) is 2.83. The summed E-state index contributed by atoms with van der Waals surface area (Å²) < 4.78 is 0. The number of nitrogens with zero attached hydrogens (tertiary/aromatic N) is 1. The lowest BCUT2D eigenvalue weighted by Gasteiger charge is -2.21. The SMILES string of the molecule is CCCN(CC)CCNC(CC)CC. The van der Waals surface area contributed by atoms with Crippen molar-refractivity contribution < 1.29 is 0 Å². The van der Waals surface area contributed by atoms with E-state index in [0.29, 0.717) is 0 Å². The Labute approximate surface area is 90.1 Å². The summed E-state index contributed by atoms with van der Waals surface area (Å²) in [6.07, 6.45) is 3.76. The first-order valence-corrected chi connectivity index (χ1v) is 6.24. The van der Waals surface area contributed by atoms with Gasteiger partial charge < -0.3 is 10.2 Å². The zero-order chi connectivity index (χ0) is 10.8. The van der Waals surface area contributed by atoms with E-state index in [1.54, 1.807) is 0 Å². The van der Waals surface area contributed by atoms with Gasteiger partial charge in [0.2, 0.25) is 0 Å². The lowest BCUT2D eigenvalue weighted by molar-refractivity contribution is 0.281. The summed E-state index contributed by atoms with van der Waals surface area (Å²) in [5, 5.41) is 3.60. The van der Waals surface area contributed by atoms with Crippen molar-refractivity contribution in [3.05, 3.63) is 0 Å². The molecule has 2 nitrogen and oxygen atoms in total. The molecule has 14 heavy (non-hydrogen) atoms. The third-order valence-electron chi connectivity index (χ3n) is 2.83. The lowest BCUT2D eigenvalue weighted by Crippen LogP contribution is -2.37. The van der Waals surface area contributed by atoms with E-state index in [-0.39, 0.29) is 0 Å². The molecule has 0 aromatic heterocycles. The number of hydrogen-bond donors (Lipinski definition) is 1. The number of nitrogens with one attached hydrogen (secondary N) is 1. The van der Waals surface area contributed by atoms with Gasteiger partial charge >= 0.3 is 0 Å². The van der Waals surface area contributed by atoms with Crippen molar-refractivity contribution in [1.82, 2.24) is 10.2 Å². The van der Waals surface area contributed by atoms with Gasteiger partial charge in [-0.3, -0.25) is 0 Å². The highest BCUT2D eigenvalue weighted by atomic mass is 15.1. The minimum absolute atomic E-state index is 0.718. The summed E-state index contributed by atoms with van der Waals surface area (Å²) in [5.41, 5.74) is 0. The Morgan fingerprint density at radius 3 is 2.07 bits per heavy atom. The van der Waals surface area contributed by atoms with Crippen molar-refractivity contribution >= 4 is 0 Å². The van der Waals surface area contributed by atoms with Gasteiger partial charge in [0.15, 0.2) is 0 Å². The second kappa shape index (κ2) is 9.47. The lowest BCUT2D eigenvalue weighted by atomic mass is 10.2. The predicted octanol–water partition coefficient (Wildman–Crippen LogP) is 2.50. The molecule has 0 heterocycles. The molecule has 1 N–H and O–H groups in total. The van der Waals surface area contributed by atoms with E-state index >= 15 is 0 Å². The number of rotatable bonds is 9. The normalized spacial score (nSPS) is 11.6. The minimum atomic E-state index is 0.718. The van der Waals surface area contributed by atoms with Gasteiger partial charge in [-0.1, -0.05) is 27.7 Å². The van der Waals surface area contributed by atoms with Crippen LogP contribution in [0.3, 0.4) is 0 Å². The number of likely N-dealkylation sites (N-methyl/N-ethyl adjacent to an activating group) is 1. The van der Waals surface area contributed by atoms with Crippen LogP contribution in [0.1, 0.15) is 47.0 Å². The van der Waals surface area contributed by atoms with E-state index in [0.717, 1.165) is 12.6 Å². The smallest absolute Gasteiger partial charge is 0.0107 e. The average molecular weight is 200 g/mol. The Kier molecular flexibility index (Phi) is 9.42. The molecular formula is C12H28N2. The second-order valence-electron chi connectivity index (χ2n) is 3.90. The van der Waals surface area contributed by atoms with Crippen molar-refractivity contribution in [3.63, 3.8) is 0 Å². The van der Waals surface area contributed by atoms with Crippen LogP contribution in [0.15, 0.2) is 0 Å². The fourth-order valence-corrected chi connectivity index (χ4v) is 1.75. The van der Waals surface area contributed by atoms with Crippen LogP contribution in [-0.2, 0) is 0 Å². The molecule has 2 heteroatoms. The van der Waals surface area contributed by atoms with Crippen molar-refractivity contribution in [3.8, 4) is 0 Å². The first-order valence-electron chi connectivity index (χ1n) is 6.24. The van der Waals surface area contributed by atoms with Gasteiger partial charge in [-0.15, -0.1) is 0 Å². The molecule has 0 saturated carbocycles. The first-order chi connectivity index (χ1) is 6.78. The van der Waals surface area contributed by atoms with Gasteiger partial charge in [0, 0.05) is 19.1 Å².